The van der Waals surface area contributed by atoms with E-state index >= 15 is 0 Å². The van der Waals surface area contributed by atoms with Gasteiger partial charge >= 0.3 is 0 Å². The van der Waals surface area contributed by atoms with Gasteiger partial charge in [-0.2, -0.15) is 10.4 Å². The van der Waals surface area contributed by atoms with Gasteiger partial charge in [-0.25, -0.2) is 0 Å². The van der Waals surface area contributed by atoms with Crippen molar-refractivity contribution in [1.29, 1.82) is 5.26 Å². The smallest absolute Gasteiger partial charge is 0.0851 e. The lowest BCUT2D eigenvalue weighted by Crippen LogP contribution is -2.34. The lowest BCUT2D eigenvalue weighted by Gasteiger charge is -2.20. The van der Waals surface area contributed by atoms with Crippen molar-refractivity contribution in [3.8, 4) is 6.07 Å². The third-order valence-corrected chi connectivity index (χ3v) is 4.27. The van der Waals surface area contributed by atoms with Crippen LogP contribution in [0.5, 0.6) is 0 Å². The fourth-order valence-corrected chi connectivity index (χ4v) is 2.37. The van der Waals surface area contributed by atoms with Gasteiger partial charge in [-0.3, -0.25) is 5.01 Å². The maximum absolute atomic E-state index is 8.93. The Morgan fingerprint density at radius 3 is 2.73 bits per heavy atom. The highest BCUT2D eigenvalue weighted by Crippen LogP contribution is 2.17. The second-order valence-electron chi connectivity index (χ2n) is 6.64. The Labute approximate surface area is 158 Å². The highest BCUT2D eigenvalue weighted by Gasteiger charge is 2.10. The van der Waals surface area contributed by atoms with Crippen molar-refractivity contribution in [2.45, 2.75) is 51.7 Å². The number of benzene rings is 1. The van der Waals surface area contributed by atoms with Gasteiger partial charge in [0.1, 0.15) is 0 Å². The van der Waals surface area contributed by atoms with E-state index in [1.54, 1.807) is 0 Å². The molecular weight excluding hydrogens is 324 g/mol. The summed E-state index contributed by atoms with van der Waals surface area (Å²) in [6.45, 7) is 11.6. The highest BCUT2D eigenvalue weighted by atomic mass is 15.5. The average molecular weight is 357 g/mol. The van der Waals surface area contributed by atoms with Gasteiger partial charge in [0.15, 0.2) is 0 Å². The summed E-state index contributed by atoms with van der Waals surface area (Å²) in [5, 5.41) is 26.3. The number of hydrogen-bond donors (Lipinski definition) is 2. The summed E-state index contributed by atoms with van der Waals surface area (Å²) < 4.78 is 0. The van der Waals surface area contributed by atoms with Crippen molar-refractivity contribution in [2.24, 2.45) is 10.3 Å². The molecule has 0 amide bonds. The number of hydrogen-bond acceptors (Lipinski definition) is 5. The molecule has 0 spiro atoms. The van der Waals surface area contributed by atoms with Gasteiger partial charge in [0, 0.05) is 37.9 Å². The molecule has 3 atom stereocenters. The summed E-state index contributed by atoms with van der Waals surface area (Å²) in [7, 11) is 1.94. The Morgan fingerprint density at radius 1 is 1.31 bits per heavy atom. The van der Waals surface area contributed by atoms with Gasteiger partial charge in [-0.1, -0.05) is 29.5 Å². The molecule has 0 bridgehead atoms. The summed E-state index contributed by atoms with van der Waals surface area (Å²) in [5.41, 5.74) is 2.06. The molecule has 2 unspecified atom stereocenters. The molecule has 6 heteroatoms. The number of nitriles is 1. The molecule has 1 aromatic carbocycles. The van der Waals surface area contributed by atoms with E-state index in [0.717, 1.165) is 30.8 Å². The summed E-state index contributed by atoms with van der Waals surface area (Å²) in [4.78, 5) is 0. The van der Waals surface area contributed by atoms with Crippen LogP contribution < -0.4 is 10.6 Å². The molecular formula is C20H32N6. The van der Waals surface area contributed by atoms with Crippen molar-refractivity contribution in [1.82, 2.24) is 10.3 Å². The topological polar surface area (TPSA) is 75.8 Å². The van der Waals surface area contributed by atoms with Gasteiger partial charge < -0.3 is 10.6 Å². The van der Waals surface area contributed by atoms with E-state index in [-0.39, 0.29) is 18.1 Å². The van der Waals surface area contributed by atoms with Crippen LogP contribution in [0.25, 0.3) is 0 Å². The zero-order valence-corrected chi connectivity index (χ0v) is 16.4. The molecule has 0 saturated carbocycles. The van der Waals surface area contributed by atoms with E-state index in [2.05, 4.69) is 54.4 Å². The molecule has 26 heavy (non-hydrogen) atoms. The standard InChI is InChI=1S/C20H32N6/c1-6-14-22-17(3)18(4)24-25-26(5)15-12-16(2)23-20-10-8-7-9-19(20)11-13-21/h6-10,16-18,22-23H,1,11-12,14-15H2,2-5H3/t16?,17?,18-/m0/s1. The van der Waals surface area contributed by atoms with Crippen LogP contribution >= 0.6 is 0 Å². The molecule has 0 heterocycles. The Balaban J connectivity index is 2.42. The number of para-hydroxylation sites is 1. The van der Waals surface area contributed by atoms with E-state index in [9.17, 15) is 0 Å². The average Bonchev–Trinajstić information content (AvgIpc) is 2.64. The Bertz CT molecular complexity index is 607. The Morgan fingerprint density at radius 2 is 2.04 bits per heavy atom. The minimum atomic E-state index is 0.103. The maximum Gasteiger partial charge on any atom is 0.0851 e. The van der Waals surface area contributed by atoms with E-state index in [1.807, 2.05) is 42.4 Å². The van der Waals surface area contributed by atoms with E-state index in [0.29, 0.717) is 6.42 Å². The Kier molecular flexibility index (Phi) is 10.0. The summed E-state index contributed by atoms with van der Waals surface area (Å²) in [6, 6.07) is 10.8. The number of nitrogens with zero attached hydrogens (tertiary/aromatic N) is 4. The monoisotopic (exact) mass is 356 g/mol. The van der Waals surface area contributed by atoms with Crippen molar-refractivity contribution >= 4 is 5.69 Å². The van der Waals surface area contributed by atoms with Crippen molar-refractivity contribution in [3.05, 3.63) is 42.5 Å². The summed E-state index contributed by atoms with van der Waals surface area (Å²) >= 11 is 0. The van der Waals surface area contributed by atoms with Crippen molar-refractivity contribution in [3.63, 3.8) is 0 Å². The molecule has 0 radical (unpaired) electrons. The SMILES string of the molecule is C=CCNC(C)[C@H](C)N=NN(C)CCC(C)Nc1ccccc1CC#N. The minimum Gasteiger partial charge on any atom is -0.382 e. The van der Waals surface area contributed by atoms with Crippen LogP contribution in [-0.4, -0.2) is 43.3 Å². The van der Waals surface area contributed by atoms with Gasteiger partial charge in [0.25, 0.3) is 0 Å². The van der Waals surface area contributed by atoms with Crippen molar-refractivity contribution < 1.29 is 0 Å². The fraction of sp³-hybridized carbons (Fsp3) is 0.550. The van der Waals surface area contributed by atoms with Gasteiger partial charge in [-0.05, 0) is 38.8 Å². The first kappa shape index (κ1) is 21.7. The molecule has 142 valence electrons. The predicted octanol–water partition coefficient (Wildman–Crippen LogP) is 3.79. The first-order chi connectivity index (χ1) is 12.5. The lowest BCUT2D eigenvalue weighted by molar-refractivity contribution is 0.303. The third-order valence-electron chi connectivity index (χ3n) is 4.27. The van der Waals surface area contributed by atoms with Gasteiger partial charge in [0.2, 0.25) is 0 Å². The van der Waals surface area contributed by atoms with Crippen LogP contribution in [0.2, 0.25) is 0 Å². The molecule has 0 fully saturated rings. The molecule has 1 rings (SSSR count). The number of rotatable bonds is 12. The predicted molar refractivity (Wildman–Crippen MR) is 108 cm³/mol. The van der Waals surface area contributed by atoms with Gasteiger partial charge in [-0.15, -0.1) is 6.58 Å². The summed E-state index contributed by atoms with van der Waals surface area (Å²) in [6.07, 6.45) is 3.19. The lowest BCUT2D eigenvalue weighted by atomic mass is 10.1. The van der Waals surface area contributed by atoms with Crippen LogP contribution in [0.15, 0.2) is 47.3 Å². The molecule has 0 aliphatic heterocycles. The second kappa shape index (κ2) is 12.0. The molecule has 2 N–H and O–H groups in total. The van der Waals surface area contributed by atoms with Crippen LogP contribution in [0, 0.1) is 11.3 Å². The van der Waals surface area contributed by atoms with E-state index in [1.165, 1.54) is 0 Å². The third kappa shape index (κ3) is 8.13. The Hall–Kier alpha value is -2.39. The molecule has 0 saturated heterocycles. The van der Waals surface area contributed by atoms with Gasteiger partial charge in [0.05, 0.1) is 18.5 Å². The largest absolute Gasteiger partial charge is 0.382 e. The normalized spacial score (nSPS) is 14.4. The number of nitrogens with one attached hydrogen (secondary N) is 2. The summed E-state index contributed by atoms with van der Waals surface area (Å²) in [5.74, 6) is 0. The first-order valence-corrected chi connectivity index (χ1v) is 9.15. The zero-order valence-electron chi connectivity index (χ0n) is 16.4. The highest BCUT2D eigenvalue weighted by molar-refractivity contribution is 5.52. The maximum atomic E-state index is 8.93. The molecule has 0 aliphatic carbocycles. The zero-order chi connectivity index (χ0) is 19.4. The minimum absolute atomic E-state index is 0.103. The van der Waals surface area contributed by atoms with Crippen LogP contribution in [0.1, 0.15) is 32.8 Å². The molecule has 6 nitrogen and oxygen atoms in total. The number of anilines is 1. The van der Waals surface area contributed by atoms with E-state index in [4.69, 9.17) is 5.26 Å². The fourth-order valence-electron chi connectivity index (χ4n) is 2.37. The molecule has 0 aromatic heterocycles. The second-order valence-corrected chi connectivity index (χ2v) is 6.64. The molecule has 1 aromatic rings. The van der Waals surface area contributed by atoms with Crippen molar-refractivity contribution in [2.75, 3.05) is 25.5 Å². The van der Waals surface area contributed by atoms with Crippen LogP contribution in [0.3, 0.4) is 0 Å². The van der Waals surface area contributed by atoms with Crippen LogP contribution in [-0.2, 0) is 6.42 Å². The quantitative estimate of drug-likeness (QED) is 0.339. The first-order valence-electron chi connectivity index (χ1n) is 9.15. The molecule has 0 aliphatic rings. The van der Waals surface area contributed by atoms with E-state index < -0.39 is 0 Å². The van der Waals surface area contributed by atoms with Crippen LogP contribution in [0.4, 0.5) is 5.69 Å².